The molecule has 0 radical (unpaired) electrons. The minimum Gasteiger partial charge on any atom is -0.497 e. The first-order valence-electron chi connectivity index (χ1n) is 10.2. The normalized spacial score (nSPS) is 16.6. The molecule has 0 aliphatic carbocycles. The second-order valence-electron chi connectivity index (χ2n) is 7.50. The molecule has 31 heavy (non-hydrogen) atoms. The van der Waals surface area contributed by atoms with Gasteiger partial charge in [0.2, 0.25) is 10.0 Å². The summed E-state index contributed by atoms with van der Waals surface area (Å²) in [6, 6.07) is 12.3. The van der Waals surface area contributed by atoms with E-state index in [0.29, 0.717) is 11.5 Å². The zero-order valence-electron chi connectivity index (χ0n) is 18.5. The number of ether oxygens (including phenoxy) is 3. The van der Waals surface area contributed by atoms with Crippen molar-refractivity contribution in [3.63, 3.8) is 0 Å². The summed E-state index contributed by atoms with van der Waals surface area (Å²) in [4.78, 5) is 4.73. The fourth-order valence-corrected chi connectivity index (χ4v) is 4.73. The molecule has 0 spiro atoms. The molecule has 1 heterocycles. The Balaban J connectivity index is 1.81. The molecule has 8 nitrogen and oxygen atoms in total. The van der Waals surface area contributed by atoms with E-state index in [-0.39, 0.29) is 17.5 Å². The van der Waals surface area contributed by atoms with Crippen LogP contribution in [0.3, 0.4) is 0 Å². The van der Waals surface area contributed by atoms with Gasteiger partial charge in [0.1, 0.15) is 5.75 Å². The molecule has 1 aliphatic heterocycles. The van der Waals surface area contributed by atoms with Gasteiger partial charge >= 0.3 is 0 Å². The monoisotopic (exact) mass is 449 g/mol. The van der Waals surface area contributed by atoms with Gasteiger partial charge in [-0.2, -0.15) is 0 Å². The third-order valence-electron chi connectivity index (χ3n) is 5.61. The zero-order chi connectivity index (χ0) is 22.4. The largest absolute Gasteiger partial charge is 0.497 e. The molecule has 9 heteroatoms. The van der Waals surface area contributed by atoms with E-state index in [1.807, 2.05) is 24.3 Å². The van der Waals surface area contributed by atoms with E-state index in [0.717, 1.165) is 37.5 Å². The predicted octanol–water partition coefficient (Wildman–Crippen LogP) is 1.98. The lowest BCUT2D eigenvalue weighted by Gasteiger charge is -2.38. The summed E-state index contributed by atoms with van der Waals surface area (Å²) in [6.45, 7) is 3.87. The second-order valence-corrected chi connectivity index (χ2v) is 9.26. The lowest BCUT2D eigenvalue weighted by atomic mass is 10.0. The fourth-order valence-electron chi connectivity index (χ4n) is 3.67. The Hall–Kier alpha value is -2.33. The van der Waals surface area contributed by atoms with E-state index in [1.165, 1.54) is 26.4 Å². The summed E-state index contributed by atoms with van der Waals surface area (Å²) in [5.74, 6) is 1.62. The molecule has 2 aromatic carbocycles. The summed E-state index contributed by atoms with van der Waals surface area (Å²) < 4.78 is 44.5. The van der Waals surface area contributed by atoms with Crippen molar-refractivity contribution in [1.29, 1.82) is 0 Å². The van der Waals surface area contributed by atoms with Crippen LogP contribution in [0.4, 0.5) is 0 Å². The Bertz CT molecular complexity index is 958. The van der Waals surface area contributed by atoms with E-state index in [2.05, 4.69) is 21.6 Å². The van der Waals surface area contributed by atoms with Gasteiger partial charge in [-0.25, -0.2) is 13.1 Å². The molecule has 0 aromatic heterocycles. The molecule has 1 N–H and O–H groups in total. The first kappa shape index (κ1) is 23.3. The maximum absolute atomic E-state index is 13.0. The van der Waals surface area contributed by atoms with Crippen LogP contribution in [0.15, 0.2) is 47.4 Å². The highest BCUT2D eigenvalue weighted by Gasteiger charge is 2.26. The molecule has 170 valence electrons. The first-order valence-corrected chi connectivity index (χ1v) is 11.6. The molecule has 1 aliphatic rings. The molecule has 0 amide bonds. The minimum absolute atomic E-state index is 0.0884. The van der Waals surface area contributed by atoms with Crippen LogP contribution >= 0.6 is 0 Å². The van der Waals surface area contributed by atoms with Gasteiger partial charge in [0.25, 0.3) is 0 Å². The van der Waals surface area contributed by atoms with Gasteiger partial charge in [0.05, 0.1) is 26.2 Å². The topological polar surface area (TPSA) is 80.3 Å². The average molecular weight is 450 g/mol. The highest BCUT2D eigenvalue weighted by molar-refractivity contribution is 7.89. The Labute approximate surface area is 184 Å². The quantitative estimate of drug-likeness (QED) is 0.627. The highest BCUT2D eigenvalue weighted by Crippen LogP contribution is 2.30. The number of hydrogen-bond acceptors (Lipinski definition) is 7. The van der Waals surface area contributed by atoms with Crippen LogP contribution in [0.5, 0.6) is 17.2 Å². The predicted molar refractivity (Wildman–Crippen MR) is 120 cm³/mol. The lowest BCUT2D eigenvalue weighted by Crippen LogP contribution is -2.48. The van der Waals surface area contributed by atoms with Crippen LogP contribution in [0.25, 0.3) is 0 Å². The van der Waals surface area contributed by atoms with Gasteiger partial charge in [0.15, 0.2) is 11.5 Å². The number of nitrogens with one attached hydrogen (secondary N) is 1. The third-order valence-corrected chi connectivity index (χ3v) is 7.03. The van der Waals surface area contributed by atoms with Gasteiger partial charge < -0.3 is 19.1 Å². The van der Waals surface area contributed by atoms with Crippen molar-refractivity contribution in [3.8, 4) is 17.2 Å². The second kappa shape index (κ2) is 10.3. The number of sulfonamides is 1. The Morgan fingerprint density at radius 3 is 2.13 bits per heavy atom. The van der Waals surface area contributed by atoms with Gasteiger partial charge in [-0.05, 0) is 36.9 Å². The fraction of sp³-hybridized carbons (Fsp3) is 0.455. The maximum atomic E-state index is 13.0. The molecule has 2 aromatic rings. The number of nitrogens with zero attached hydrogens (tertiary/aromatic N) is 2. The van der Waals surface area contributed by atoms with E-state index < -0.39 is 10.0 Å². The van der Waals surface area contributed by atoms with Crippen LogP contribution in [0.2, 0.25) is 0 Å². The van der Waals surface area contributed by atoms with Crippen LogP contribution < -0.4 is 18.9 Å². The van der Waals surface area contributed by atoms with E-state index in [4.69, 9.17) is 14.2 Å². The molecule has 1 atom stereocenters. The summed E-state index contributed by atoms with van der Waals surface area (Å²) in [7, 11) is 2.99. The number of piperazine rings is 1. The molecule has 1 unspecified atom stereocenters. The third kappa shape index (κ3) is 5.68. The SMILES string of the molecule is COc1ccc(C(CNS(=O)(=O)c2ccc(OC)c(OC)c2)N2CCN(C)CC2)cc1. The van der Waals surface area contributed by atoms with Gasteiger partial charge in [-0.1, -0.05) is 12.1 Å². The minimum atomic E-state index is -3.73. The van der Waals surface area contributed by atoms with Gasteiger partial charge in [-0.15, -0.1) is 0 Å². The molecular weight excluding hydrogens is 418 g/mol. The molecule has 3 rings (SSSR count). The lowest BCUT2D eigenvalue weighted by molar-refractivity contribution is 0.113. The van der Waals surface area contributed by atoms with Crippen LogP contribution in [0.1, 0.15) is 11.6 Å². The Morgan fingerprint density at radius 1 is 0.903 bits per heavy atom. The van der Waals surface area contributed by atoms with Crippen molar-refractivity contribution >= 4 is 10.0 Å². The van der Waals surface area contributed by atoms with Gasteiger partial charge in [0, 0.05) is 44.8 Å². The van der Waals surface area contributed by atoms with Crippen molar-refractivity contribution in [2.45, 2.75) is 10.9 Å². The Kier molecular flexibility index (Phi) is 7.77. The zero-order valence-corrected chi connectivity index (χ0v) is 19.3. The van der Waals surface area contributed by atoms with Crippen LogP contribution in [-0.2, 0) is 10.0 Å². The van der Waals surface area contributed by atoms with Crippen molar-refractivity contribution in [3.05, 3.63) is 48.0 Å². The number of benzene rings is 2. The highest BCUT2D eigenvalue weighted by atomic mass is 32.2. The summed E-state index contributed by atoms with van der Waals surface area (Å²) in [6.07, 6.45) is 0. The first-order chi connectivity index (χ1) is 14.9. The van der Waals surface area contributed by atoms with E-state index in [1.54, 1.807) is 13.2 Å². The number of rotatable bonds is 9. The van der Waals surface area contributed by atoms with Crippen molar-refractivity contribution in [1.82, 2.24) is 14.5 Å². The van der Waals surface area contributed by atoms with Crippen molar-refractivity contribution < 1.29 is 22.6 Å². The molecule has 0 saturated carbocycles. The van der Waals surface area contributed by atoms with E-state index in [9.17, 15) is 8.42 Å². The maximum Gasteiger partial charge on any atom is 0.240 e. The smallest absolute Gasteiger partial charge is 0.240 e. The summed E-state index contributed by atoms with van der Waals surface area (Å²) in [5, 5.41) is 0. The Morgan fingerprint density at radius 2 is 1.55 bits per heavy atom. The molecule has 1 saturated heterocycles. The van der Waals surface area contributed by atoms with Crippen molar-refractivity contribution in [2.24, 2.45) is 0 Å². The summed E-state index contributed by atoms with van der Waals surface area (Å²) in [5.41, 5.74) is 1.04. The molecular formula is C22H31N3O5S. The van der Waals surface area contributed by atoms with E-state index >= 15 is 0 Å². The van der Waals surface area contributed by atoms with Crippen molar-refractivity contribution in [2.75, 3.05) is 61.1 Å². The number of hydrogen-bond donors (Lipinski definition) is 1. The van der Waals surface area contributed by atoms with Crippen LogP contribution in [-0.4, -0.2) is 79.3 Å². The number of methoxy groups -OCH3 is 3. The molecule has 1 fully saturated rings. The number of likely N-dealkylation sites (N-methyl/N-ethyl adjacent to an activating group) is 1. The standard InChI is InChI=1S/C22H31N3O5S/c1-24-11-13-25(14-12-24)20(17-5-7-18(28-2)8-6-17)16-23-31(26,27)19-9-10-21(29-3)22(15-19)30-4/h5-10,15,20,23H,11-14,16H2,1-4H3. The summed E-state index contributed by atoms with van der Waals surface area (Å²) >= 11 is 0. The van der Waals surface area contributed by atoms with Gasteiger partial charge in [-0.3, -0.25) is 4.90 Å². The average Bonchev–Trinajstić information content (AvgIpc) is 2.80. The van der Waals surface area contributed by atoms with Crippen LogP contribution in [0, 0.1) is 0 Å². The molecule has 0 bridgehead atoms.